The quantitative estimate of drug-likeness (QED) is 0.513. The summed E-state index contributed by atoms with van der Waals surface area (Å²) in [4.78, 5) is 14.9. The van der Waals surface area contributed by atoms with Crippen LogP contribution in [0, 0.1) is 11.8 Å². The van der Waals surface area contributed by atoms with Crippen molar-refractivity contribution in [1.82, 2.24) is 0 Å². The van der Waals surface area contributed by atoms with Crippen molar-refractivity contribution in [2.24, 2.45) is 11.8 Å². The lowest BCUT2D eigenvalue weighted by atomic mass is 9.67. The van der Waals surface area contributed by atoms with E-state index in [2.05, 4.69) is 24.0 Å². The number of anilines is 1. The van der Waals surface area contributed by atoms with Gasteiger partial charge >= 0.3 is 5.97 Å². The Morgan fingerprint density at radius 1 is 1.21 bits per heavy atom. The molecule has 0 radical (unpaired) electrons. The Labute approximate surface area is 230 Å². The van der Waals surface area contributed by atoms with Crippen molar-refractivity contribution < 1.29 is 24.1 Å². The number of benzene rings is 2. The van der Waals surface area contributed by atoms with Crippen LogP contribution in [-0.4, -0.2) is 56.2 Å². The van der Waals surface area contributed by atoms with Gasteiger partial charge in [-0.1, -0.05) is 17.7 Å². The molecule has 2 aromatic carbocycles. The second kappa shape index (κ2) is 10.4. The van der Waals surface area contributed by atoms with E-state index >= 15 is 0 Å². The Bertz CT molecular complexity index is 1190. The predicted molar refractivity (Wildman–Crippen MR) is 147 cm³/mol. The van der Waals surface area contributed by atoms with Gasteiger partial charge in [0.2, 0.25) is 0 Å². The van der Waals surface area contributed by atoms with Gasteiger partial charge in [0, 0.05) is 23.5 Å². The molecule has 6 nitrogen and oxygen atoms in total. The van der Waals surface area contributed by atoms with Gasteiger partial charge in [-0.15, -0.1) is 0 Å². The average molecular weight is 540 g/mol. The van der Waals surface area contributed by atoms with E-state index in [9.17, 15) is 9.90 Å². The number of aliphatic hydroxyl groups excluding tert-OH is 1. The topological polar surface area (TPSA) is 68.2 Å². The predicted octanol–water partition coefficient (Wildman–Crippen LogP) is 5.55. The first-order chi connectivity index (χ1) is 18.3. The van der Waals surface area contributed by atoms with Gasteiger partial charge in [0.25, 0.3) is 0 Å². The van der Waals surface area contributed by atoms with Gasteiger partial charge in [0.1, 0.15) is 5.75 Å². The zero-order chi connectivity index (χ0) is 26.4. The molecule has 1 unspecified atom stereocenters. The number of aliphatic hydroxyl groups is 1. The van der Waals surface area contributed by atoms with Crippen molar-refractivity contribution in [3.63, 3.8) is 0 Å². The summed E-state index contributed by atoms with van der Waals surface area (Å²) in [6.45, 7) is 4.33. The van der Waals surface area contributed by atoms with E-state index in [-0.39, 0.29) is 29.7 Å². The van der Waals surface area contributed by atoms with Crippen LogP contribution in [0.25, 0.3) is 0 Å². The molecular formula is C31H38ClNO5. The molecule has 0 aromatic heterocycles. The largest absolute Gasteiger partial charge is 0.490 e. The van der Waals surface area contributed by atoms with E-state index in [1.165, 1.54) is 18.2 Å². The smallest absolute Gasteiger partial charge is 0.337 e. The molecule has 38 heavy (non-hydrogen) atoms. The Morgan fingerprint density at radius 3 is 2.84 bits per heavy atom. The van der Waals surface area contributed by atoms with Crippen molar-refractivity contribution in [3.8, 4) is 5.75 Å². The first kappa shape index (κ1) is 26.0. The van der Waals surface area contributed by atoms with Gasteiger partial charge in [-0.25, -0.2) is 4.79 Å². The molecule has 2 aromatic rings. The van der Waals surface area contributed by atoms with Crippen LogP contribution in [0.3, 0.4) is 0 Å². The highest BCUT2D eigenvalue weighted by molar-refractivity contribution is 6.30. The maximum atomic E-state index is 12.5. The molecule has 1 N–H and O–H groups in total. The minimum atomic E-state index is -0.343. The normalized spacial score (nSPS) is 32.4. The van der Waals surface area contributed by atoms with E-state index in [0.717, 1.165) is 68.1 Å². The molecule has 2 fully saturated rings. The van der Waals surface area contributed by atoms with Crippen LogP contribution in [0.1, 0.15) is 66.9 Å². The first-order valence-electron chi connectivity index (χ1n) is 14.1. The molecule has 2 aliphatic carbocycles. The summed E-state index contributed by atoms with van der Waals surface area (Å²) in [5.74, 6) is 1.35. The maximum Gasteiger partial charge on any atom is 0.337 e. The third-order valence-corrected chi connectivity index (χ3v) is 9.62. The Kier molecular flexibility index (Phi) is 7.08. The van der Waals surface area contributed by atoms with Crippen LogP contribution in [-0.2, 0) is 21.3 Å². The minimum Gasteiger partial charge on any atom is -0.490 e. The number of halogens is 1. The van der Waals surface area contributed by atoms with Gasteiger partial charge < -0.3 is 24.2 Å². The maximum absolute atomic E-state index is 12.5. The lowest BCUT2D eigenvalue weighted by molar-refractivity contribution is -0.135. The number of hydrogen-bond donors (Lipinski definition) is 1. The molecule has 7 heteroatoms. The van der Waals surface area contributed by atoms with Crippen LogP contribution in [0.15, 0.2) is 36.4 Å². The van der Waals surface area contributed by atoms with Crippen LogP contribution in [0.4, 0.5) is 5.69 Å². The van der Waals surface area contributed by atoms with Gasteiger partial charge in [-0.2, -0.15) is 0 Å². The second-order valence-corrected chi connectivity index (χ2v) is 12.3. The standard InChI is InChI=1S/C31H38ClNO5/c1-19-12-24(34)15-29(38-19)25-8-5-22(25)16-33-17-31(11-3-4-20-13-23(32)7-9-26(20)31)18-37-28-10-6-21(14-27(28)33)30(35)36-2/h6-7,9-10,13-14,19,22,24-25,29,34H,3-5,8,11-12,15-18H2,1-2H3/t19?,22-,24+,25+,29-,31-/m0/s1. The number of methoxy groups -OCH3 is 1. The fourth-order valence-corrected chi connectivity index (χ4v) is 7.58. The van der Waals surface area contributed by atoms with Crippen LogP contribution in [0.5, 0.6) is 5.75 Å². The van der Waals surface area contributed by atoms with E-state index in [1.807, 2.05) is 18.2 Å². The van der Waals surface area contributed by atoms with Crippen molar-refractivity contribution in [3.05, 3.63) is 58.1 Å². The number of esters is 1. The average Bonchev–Trinajstić information content (AvgIpc) is 3.02. The van der Waals surface area contributed by atoms with Gasteiger partial charge in [-0.3, -0.25) is 0 Å². The lowest BCUT2D eigenvalue weighted by Gasteiger charge is -2.48. The zero-order valence-corrected chi connectivity index (χ0v) is 23.1. The highest BCUT2D eigenvalue weighted by Gasteiger charge is 2.45. The van der Waals surface area contributed by atoms with Gasteiger partial charge in [0.15, 0.2) is 0 Å². The molecule has 1 saturated heterocycles. The fourth-order valence-electron chi connectivity index (χ4n) is 7.39. The monoisotopic (exact) mass is 539 g/mol. The number of rotatable bonds is 4. The SMILES string of the molecule is COC(=O)c1ccc2c(c1)N(C[C@@H]1CC[C@H]1[C@@H]1C[C@H](O)CC(C)O1)C[C@@]1(CCCc3cc(Cl)ccc31)CO2. The summed E-state index contributed by atoms with van der Waals surface area (Å²) in [7, 11) is 1.42. The summed E-state index contributed by atoms with van der Waals surface area (Å²) in [5, 5.41) is 11.2. The van der Waals surface area contributed by atoms with Crippen molar-refractivity contribution in [2.75, 3.05) is 31.7 Å². The minimum absolute atomic E-state index is 0.0914. The molecule has 6 rings (SSSR count). The molecule has 0 bridgehead atoms. The van der Waals surface area contributed by atoms with E-state index in [1.54, 1.807) is 6.07 Å². The molecular weight excluding hydrogens is 502 g/mol. The van der Waals surface area contributed by atoms with E-state index < -0.39 is 0 Å². The van der Waals surface area contributed by atoms with Crippen LogP contribution in [0.2, 0.25) is 5.02 Å². The highest BCUT2D eigenvalue weighted by Crippen LogP contribution is 2.47. The number of aryl methyl sites for hydroxylation is 1. The van der Waals surface area contributed by atoms with Crippen molar-refractivity contribution in [2.45, 2.75) is 75.6 Å². The van der Waals surface area contributed by atoms with Gasteiger partial charge in [-0.05, 0) is 105 Å². The molecule has 2 aliphatic heterocycles. The van der Waals surface area contributed by atoms with Gasteiger partial charge in [0.05, 0.1) is 43.3 Å². The number of hydrogen-bond acceptors (Lipinski definition) is 6. The summed E-state index contributed by atoms with van der Waals surface area (Å²) in [5.41, 5.74) is 3.97. The molecule has 0 amide bonds. The number of carbonyl (C=O) groups excluding carboxylic acids is 1. The summed E-state index contributed by atoms with van der Waals surface area (Å²) >= 11 is 6.39. The first-order valence-corrected chi connectivity index (χ1v) is 14.5. The van der Waals surface area contributed by atoms with Crippen LogP contribution >= 0.6 is 11.6 Å². The number of ether oxygens (including phenoxy) is 3. The Hall–Kier alpha value is -2.28. The highest BCUT2D eigenvalue weighted by atomic mass is 35.5. The summed E-state index contributed by atoms with van der Waals surface area (Å²) < 4.78 is 17.9. The van der Waals surface area contributed by atoms with Crippen molar-refractivity contribution >= 4 is 23.3 Å². The molecule has 204 valence electrons. The summed E-state index contributed by atoms with van der Waals surface area (Å²) in [6.07, 6.45) is 6.76. The fraction of sp³-hybridized carbons (Fsp3) is 0.581. The number of nitrogens with zero attached hydrogens (tertiary/aromatic N) is 1. The molecule has 1 saturated carbocycles. The van der Waals surface area contributed by atoms with Crippen LogP contribution < -0.4 is 9.64 Å². The third kappa shape index (κ3) is 4.80. The number of fused-ring (bicyclic) bond motifs is 3. The molecule has 1 spiro atoms. The third-order valence-electron chi connectivity index (χ3n) is 9.38. The second-order valence-electron chi connectivity index (χ2n) is 11.9. The lowest BCUT2D eigenvalue weighted by Crippen LogP contribution is -2.51. The van der Waals surface area contributed by atoms with Crippen molar-refractivity contribution in [1.29, 1.82) is 0 Å². The summed E-state index contributed by atoms with van der Waals surface area (Å²) in [6, 6.07) is 12.0. The Morgan fingerprint density at radius 2 is 2.08 bits per heavy atom. The number of carbonyl (C=O) groups is 1. The molecule has 2 heterocycles. The molecule has 6 atom stereocenters. The van der Waals surface area contributed by atoms with E-state index in [4.69, 9.17) is 25.8 Å². The molecule has 4 aliphatic rings. The Balaban J connectivity index is 1.34. The zero-order valence-electron chi connectivity index (χ0n) is 22.3. The van der Waals surface area contributed by atoms with E-state index in [0.29, 0.717) is 30.4 Å².